The summed E-state index contributed by atoms with van der Waals surface area (Å²) in [5.41, 5.74) is 2.87. The van der Waals surface area contributed by atoms with Crippen molar-refractivity contribution < 1.29 is 0 Å². The van der Waals surface area contributed by atoms with Crippen LogP contribution < -0.4 is 0 Å². The molecule has 3 rings (SSSR count). The third-order valence-electron chi connectivity index (χ3n) is 2.37. The van der Waals surface area contributed by atoms with Crippen LogP contribution in [0.5, 0.6) is 0 Å². The first-order chi connectivity index (χ1) is 7.84. The summed E-state index contributed by atoms with van der Waals surface area (Å²) in [7, 11) is 0. The molecule has 1 aromatic carbocycles. The van der Waals surface area contributed by atoms with E-state index >= 15 is 0 Å². The molecular formula is C12H7ClN2S. The minimum Gasteiger partial charge on any atom is -0.218 e. The van der Waals surface area contributed by atoms with Crippen LogP contribution in [0.1, 0.15) is 0 Å². The maximum atomic E-state index is 5.92. The SMILES string of the molecule is Clc1nc(-c2ccsc2)c2ccccc2n1. The zero-order chi connectivity index (χ0) is 11.0. The second-order valence-corrected chi connectivity index (χ2v) is 4.49. The molecule has 78 valence electrons. The van der Waals surface area contributed by atoms with Crippen LogP contribution in [0.4, 0.5) is 0 Å². The third-order valence-corrected chi connectivity index (χ3v) is 3.22. The quantitative estimate of drug-likeness (QED) is 0.607. The predicted molar refractivity (Wildman–Crippen MR) is 67.9 cm³/mol. The van der Waals surface area contributed by atoms with Crippen molar-refractivity contribution in [2.75, 3.05) is 0 Å². The Labute approximate surface area is 102 Å². The molecule has 0 saturated carbocycles. The Morgan fingerprint density at radius 3 is 2.75 bits per heavy atom. The maximum absolute atomic E-state index is 5.92. The molecule has 2 heterocycles. The van der Waals surface area contributed by atoms with Gasteiger partial charge in [0.25, 0.3) is 0 Å². The van der Waals surface area contributed by atoms with Crippen molar-refractivity contribution in [3.05, 3.63) is 46.4 Å². The van der Waals surface area contributed by atoms with Gasteiger partial charge in [0.15, 0.2) is 0 Å². The van der Waals surface area contributed by atoms with Crippen molar-refractivity contribution in [3.63, 3.8) is 0 Å². The second kappa shape index (κ2) is 3.85. The van der Waals surface area contributed by atoms with E-state index in [9.17, 15) is 0 Å². The number of thiophene rings is 1. The van der Waals surface area contributed by atoms with Crippen LogP contribution >= 0.6 is 22.9 Å². The Kier molecular flexibility index (Phi) is 2.35. The molecule has 0 radical (unpaired) electrons. The van der Waals surface area contributed by atoms with Gasteiger partial charge < -0.3 is 0 Å². The average Bonchev–Trinajstić information content (AvgIpc) is 2.81. The van der Waals surface area contributed by atoms with Crippen LogP contribution in [0, 0.1) is 0 Å². The first kappa shape index (κ1) is 9.75. The first-order valence-corrected chi connectivity index (χ1v) is 6.11. The standard InChI is InChI=1S/C12H7ClN2S/c13-12-14-10-4-2-1-3-9(10)11(15-12)8-5-6-16-7-8/h1-7H. The van der Waals surface area contributed by atoms with Gasteiger partial charge in [0.1, 0.15) is 0 Å². The molecule has 3 aromatic rings. The van der Waals surface area contributed by atoms with E-state index in [1.54, 1.807) is 11.3 Å². The van der Waals surface area contributed by atoms with Gasteiger partial charge in [-0.15, -0.1) is 0 Å². The molecule has 0 saturated heterocycles. The molecular weight excluding hydrogens is 240 g/mol. The number of halogens is 1. The van der Waals surface area contributed by atoms with Gasteiger partial charge in [-0.25, -0.2) is 9.97 Å². The van der Waals surface area contributed by atoms with Crippen molar-refractivity contribution in [3.8, 4) is 11.3 Å². The van der Waals surface area contributed by atoms with Crippen LogP contribution in [0.3, 0.4) is 0 Å². The molecule has 0 N–H and O–H groups in total. The van der Waals surface area contributed by atoms with Crippen LogP contribution in [-0.4, -0.2) is 9.97 Å². The number of benzene rings is 1. The molecule has 0 aliphatic heterocycles. The lowest BCUT2D eigenvalue weighted by molar-refractivity contribution is 1.23. The summed E-state index contributed by atoms with van der Waals surface area (Å²) < 4.78 is 0. The molecule has 0 amide bonds. The molecule has 2 aromatic heterocycles. The molecule has 4 heteroatoms. The lowest BCUT2D eigenvalue weighted by atomic mass is 10.1. The van der Waals surface area contributed by atoms with Crippen LogP contribution in [0.2, 0.25) is 5.28 Å². The van der Waals surface area contributed by atoms with E-state index in [1.165, 1.54) is 0 Å². The Balaban J connectivity index is 2.39. The molecule has 0 aliphatic rings. The fourth-order valence-corrected chi connectivity index (χ4v) is 2.48. The zero-order valence-electron chi connectivity index (χ0n) is 8.22. The van der Waals surface area contributed by atoms with Crippen molar-refractivity contribution in [1.29, 1.82) is 0 Å². The number of hydrogen-bond acceptors (Lipinski definition) is 3. The summed E-state index contributed by atoms with van der Waals surface area (Å²) in [4.78, 5) is 8.51. The monoisotopic (exact) mass is 246 g/mol. The maximum Gasteiger partial charge on any atom is 0.223 e. The highest BCUT2D eigenvalue weighted by Crippen LogP contribution is 2.28. The zero-order valence-corrected chi connectivity index (χ0v) is 9.79. The number of hydrogen-bond donors (Lipinski definition) is 0. The van der Waals surface area contributed by atoms with Gasteiger partial charge in [-0.1, -0.05) is 18.2 Å². The molecule has 0 bridgehead atoms. The highest BCUT2D eigenvalue weighted by molar-refractivity contribution is 7.08. The number of nitrogens with zero attached hydrogens (tertiary/aromatic N) is 2. The van der Waals surface area contributed by atoms with E-state index in [1.807, 2.05) is 35.7 Å². The summed E-state index contributed by atoms with van der Waals surface area (Å²) >= 11 is 7.57. The fourth-order valence-electron chi connectivity index (χ4n) is 1.67. The van der Waals surface area contributed by atoms with Crippen molar-refractivity contribution in [2.45, 2.75) is 0 Å². The fraction of sp³-hybridized carbons (Fsp3) is 0. The summed E-state index contributed by atoms with van der Waals surface area (Å²) in [6.07, 6.45) is 0. The summed E-state index contributed by atoms with van der Waals surface area (Å²) in [6.45, 7) is 0. The minimum absolute atomic E-state index is 0.292. The van der Waals surface area contributed by atoms with Gasteiger partial charge in [-0.3, -0.25) is 0 Å². The number of para-hydroxylation sites is 1. The molecule has 0 aliphatic carbocycles. The first-order valence-electron chi connectivity index (χ1n) is 4.79. The van der Waals surface area contributed by atoms with Crippen molar-refractivity contribution in [1.82, 2.24) is 9.97 Å². The van der Waals surface area contributed by atoms with Crippen LogP contribution in [0.25, 0.3) is 22.2 Å². The predicted octanol–water partition coefficient (Wildman–Crippen LogP) is 4.01. The molecule has 0 spiro atoms. The van der Waals surface area contributed by atoms with E-state index in [0.717, 1.165) is 22.2 Å². The summed E-state index contributed by atoms with van der Waals surface area (Å²) in [6, 6.07) is 9.92. The second-order valence-electron chi connectivity index (χ2n) is 3.37. The van der Waals surface area contributed by atoms with Crippen LogP contribution in [-0.2, 0) is 0 Å². The van der Waals surface area contributed by atoms with E-state index in [2.05, 4.69) is 15.3 Å². The van der Waals surface area contributed by atoms with Crippen molar-refractivity contribution >= 4 is 33.8 Å². The van der Waals surface area contributed by atoms with E-state index < -0.39 is 0 Å². The number of aromatic nitrogens is 2. The van der Waals surface area contributed by atoms with Crippen LogP contribution in [0.15, 0.2) is 41.1 Å². The lowest BCUT2D eigenvalue weighted by Crippen LogP contribution is -1.89. The highest BCUT2D eigenvalue weighted by atomic mass is 35.5. The normalized spacial score (nSPS) is 10.8. The molecule has 0 unspecified atom stereocenters. The highest BCUT2D eigenvalue weighted by Gasteiger charge is 2.08. The Morgan fingerprint density at radius 2 is 1.94 bits per heavy atom. The Morgan fingerprint density at radius 1 is 1.06 bits per heavy atom. The topological polar surface area (TPSA) is 25.8 Å². The van der Waals surface area contributed by atoms with Gasteiger partial charge in [-0.2, -0.15) is 11.3 Å². The minimum atomic E-state index is 0.292. The Bertz CT molecular complexity index is 635. The smallest absolute Gasteiger partial charge is 0.218 e. The molecule has 0 atom stereocenters. The van der Waals surface area contributed by atoms with E-state index in [4.69, 9.17) is 11.6 Å². The molecule has 0 fully saturated rings. The lowest BCUT2D eigenvalue weighted by Gasteiger charge is -2.03. The van der Waals surface area contributed by atoms with Gasteiger partial charge in [0.05, 0.1) is 11.2 Å². The van der Waals surface area contributed by atoms with E-state index in [-0.39, 0.29) is 0 Å². The van der Waals surface area contributed by atoms with Gasteiger partial charge >= 0.3 is 0 Å². The molecule has 2 nitrogen and oxygen atoms in total. The van der Waals surface area contributed by atoms with Crippen molar-refractivity contribution in [2.24, 2.45) is 0 Å². The average molecular weight is 247 g/mol. The molecule has 16 heavy (non-hydrogen) atoms. The third kappa shape index (κ3) is 1.58. The summed E-state index contributed by atoms with van der Waals surface area (Å²) in [5, 5.41) is 5.41. The Hall–Kier alpha value is -1.45. The summed E-state index contributed by atoms with van der Waals surface area (Å²) in [5.74, 6) is 0. The van der Waals surface area contributed by atoms with Gasteiger partial charge in [-0.05, 0) is 29.1 Å². The van der Waals surface area contributed by atoms with Gasteiger partial charge in [0, 0.05) is 16.3 Å². The largest absolute Gasteiger partial charge is 0.223 e. The van der Waals surface area contributed by atoms with Gasteiger partial charge in [0.2, 0.25) is 5.28 Å². The van der Waals surface area contributed by atoms with E-state index in [0.29, 0.717) is 5.28 Å². The number of rotatable bonds is 1. The number of fused-ring (bicyclic) bond motifs is 1.